The van der Waals surface area contributed by atoms with Crippen LogP contribution in [0.2, 0.25) is 0 Å². The van der Waals surface area contributed by atoms with Crippen molar-refractivity contribution in [2.24, 2.45) is 0 Å². The molecule has 0 N–H and O–H groups in total. The first-order chi connectivity index (χ1) is 6.02. The smallest absolute Gasteiger partial charge is 0.207 e. The summed E-state index contributed by atoms with van der Waals surface area (Å²) in [4.78, 5) is 0. The summed E-state index contributed by atoms with van der Waals surface area (Å²) in [5.74, 6) is -0.680. The van der Waals surface area contributed by atoms with Crippen molar-refractivity contribution in [2.45, 2.75) is 5.75 Å². The molecule has 0 aliphatic rings. The summed E-state index contributed by atoms with van der Waals surface area (Å²) >= 11 is 0. The lowest BCUT2D eigenvalue weighted by Crippen LogP contribution is -2.16. The summed E-state index contributed by atoms with van der Waals surface area (Å²) in [6, 6.07) is 7.80. The van der Waals surface area contributed by atoms with Crippen molar-refractivity contribution in [3.8, 4) is 0 Å². The van der Waals surface area contributed by atoms with Gasteiger partial charge in [-0.2, -0.15) is 0 Å². The van der Waals surface area contributed by atoms with E-state index in [2.05, 4.69) is 0 Å². The van der Waals surface area contributed by atoms with Crippen LogP contribution in [0.15, 0.2) is 30.3 Å². The molecule has 6 heteroatoms. The Morgan fingerprint density at radius 3 is 2.15 bits per heavy atom. The van der Waals surface area contributed by atoms with Crippen LogP contribution >= 0.6 is 0 Å². The molecule has 1 rings (SSSR count). The molecule has 0 fully saturated rings. The Kier molecular flexibility index (Phi) is 2.94. The van der Waals surface area contributed by atoms with Crippen molar-refractivity contribution < 1.29 is 17.4 Å². The van der Waals surface area contributed by atoms with Gasteiger partial charge in [-0.15, -0.1) is 0 Å². The molecular formula is C7H7F2NO2S. The SMILES string of the molecule is O=S(=O)(Cc1ccccc1)N(F)F. The second kappa shape index (κ2) is 3.80. The molecule has 1 aromatic carbocycles. The number of halogens is 2. The zero-order valence-corrected chi connectivity index (χ0v) is 7.34. The van der Waals surface area contributed by atoms with Gasteiger partial charge in [0.25, 0.3) is 10.0 Å². The van der Waals surface area contributed by atoms with Crippen LogP contribution in [0.25, 0.3) is 0 Å². The molecule has 0 bridgehead atoms. The van der Waals surface area contributed by atoms with Gasteiger partial charge in [0.15, 0.2) is 0 Å². The Labute approximate surface area is 74.5 Å². The zero-order valence-electron chi connectivity index (χ0n) is 6.52. The van der Waals surface area contributed by atoms with Crippen LogP contribution in [0.5, 0.6) is 0 Å². The average Bonchev–Trinajstić information content (AvgIpc) is 2.05. The van der Waals surface area contributed by atoms with E-state index >= 15 is 0 Å². The van der Waals surface area contributed by atoms with Crippen molar-refractivity contribution in [3.05, 3.63) is 35.9 Å². The van der Waals surface area contributed by atoms with E-state index in [0.29, 0.717) is 5.56 Å². The summed E-state index contributed by atoms with van der Waals surface area (Å²) in [5, 5.41) is 0. The molecule has 0 atom stereocenters. The Morgan fingerprint density at radius 2 is 1.69 bits per heavy atom. The number of hydrogen-bond acceptors (Lipinski definition) is 2. The summed E-state index contributed by atoms with van der Waals surface area (Å²) < 4.78 is 43.1. The molecule has 0 aromatic heterocycles. The number of sulfonamides is 1. The Hall–Kier alpha value is -1.01. The standard InChI is InChI=1S/C7H7F2NO2S/c8-10(9)13(11,12)6-7-4-2-1-3-5-7/h1-5H,6H2. The minimum Gasteiger partial charge on any atom is -0.207 e. The quantitative estimate of drug-likeness (QED) is 0.706. The second-order valence-electron chi connectivity index (χ2n) is 2.41. The summed E-state index contributed by atoms with van der Waals surface area (Å²) in [7, 11) is -4.45. The van der Waals surface area contributed by atoms with E-state index in [1.54, 1.807) is 18.2 Å². The Bertz CT molecular complexity index is 363. The molecule has 0 unspecified atom stereocenters. The zero-order chi connectivity index (χ0) is 9.90. The van der Waals surface area contributed by atoms with Crippen molar-refractivity contribution in [1.82, 2.24) is 4.75 Å². The van der Waals surface area contributed by atoms with Crippen LogP contribution in [0, 0.1) is 0 Å². The summed E-state index contributed by atoms with van der Waals surface area (Å²) in [5.41, 5.74) is 0.336. The number of benzene rings is 1. The monoisotopic (exact) mass is 207 g/mol. The maximum absolute atomic E-state index is 11.7. The minimum absolute atomic E-state index is 0.336. The molecule has 1 aromatic rings. The summed E-state index contributed by atoms with van der Waals surface area (Å²) in [6.07, 6.45) is 0. The maximum atomic E-state index is 11.7. The van der Waals surface area contributed by atoms with Crippen LogP contribution in [-0.4, -0.2) is 13.2 Å². The molecule has 0 spiro atoms. The molecular weight excluding hydrogens is 200 g/mol. The van der Waals surface area contributed by atoms with Gasteiger partial charge in [0.1, 0.15) is 4.75 Å². The third-order valence-electron chi connectivity index (χ3n) is 1.40. The van der Waals surface area contributed by atoms with Crippen molar-refractivity contribution in [1.29, 1.82) is 0 Å². The van der Waals surface area contributed by atoms with Gasteiger partial charge in [0.2, 0.25) is 0 Å². The van der Waals surface area contributed by atoms with Gasteiger partial charge in [-0.1, -0.05) is 39.3 Å². The lowest BCUT2D eigenvalue weighted by Gasteiger charge is -2.02. The normalized spacial score (nSPS) is 11.9. The van der Waals surface area contributed by atoms with E-state index in [1.165, 1.54) is 12.1 Å². The first-order valence-electron chi connectivity index (χ1n) is 3.41. The molecule has 13 heavy (non-hydrogen) atoms. The lowest BCUT2D eigenvalue weighted by atomic mass is 10.2. The molecule has 0 saturated heterocycles. The summed E-state index contributed by atoms with van der Waals surface area (Å²) in [6.45, 7) is 0. The predicted octanol–water partition coefficient (Wildman–Crippen LogP) is 1.59. The molecule has 0 amide bonds. The highest BCUT2D eigenvalue weighted by molar-refractivity contribution is 7.88. The first kappa shape index (κ1) is 10.1. The third-order valence-corrected chi connectivity index (χ3v) is 2.52. The van der Waals surface area contributed by atoms with Crippen LogP contribution in [-0.2, 0) is 15.8 Å². The van der Waals surface area contributed by atoms with Gasteiger partial charge in [-0.25, -0.2) is 8.42 Å². The molecule has 0 radical (unpaired) electrons. The van der Waals surface area contributed by atoms with E-state index < -0.39 is 20.5 Å². The molecule has 0 heterocycles. The van der Waals surface area contributed by atoms with E-state index in [1.807, 2.05) is 0 Å². The van der Waals surface area contributed by atoms with Gasteiger partial charge < -0.3 is 0 Å². The van der Waals surface area contributed by atoms with Gasteiger partial charge in [-0.05, 0) is 5.56 Å². The topological polar surface area (TPSA) is 37.4 Å². The van der Waals surface area contributed by atoms with E-state index in [-0.39, 0.29) is 0 Å². The fourth-order valence-electron chi connectivity index (χ4n) is 0.834. The Morgan fingerprint density at radius 1 is 1.15 bits per heavy atom. The fourth-order valence-corrected chi connectivity index (χ4v) is 1.54. The number of rotatable bonds is 3. The minimum atomic E-state index is -4.45. The average molecular weight is 207 g/mol. The van der Waals surface area contributed by atoms with Crippen LogP contribution < -0.4 is 0 Å². The first-order valence-corrected chi connectivity index (χ1v) is 5.02. The van der Waals surface area contributed by atoms with Crippen LogP contribution in [0.3, 0.4) is 0 Å². The van der Waals surface area contributed by atoms with Crippen molar-refractivity contribution in [3.63, 3.8) is 0 Å². The van der Waals surface area contributed by atoms with Gasteiger partial charge in [0, 0.05) is 0 Å². The highest BCUT2D eigenvalue weighted by Gasteiger charge is 2.21. The highest BCUT2D eigenvalue weighted by Crippen LogP contribution is 2.10. The molecule has 72 valence electrons. The third kappa shape index (κ3) is 2.74. The lowest BCUT2D eigenvalue weighted by molar-refractivity contribution is -0.0540. The van der Waals surface area contributed by atoms with E-state index in [4.69, 9.17) is 0 Å². The molecule has 0 saturated carbocycles. The van der Waals surface area contributed by atoms with Crippen LogP contribution in [0.1, 0.15) is 5.56 Å². The van der Waals surface area contributed by atoms with Crippen LogP contribution in [0.4, 0.5) is 8.96 Å². The predicted molar refractivity (Wildman–Crippen MR) is 43.1 cm³/mol. The number of hydrogen-bond donors (Lipinski definition) is 0. The molecule has 3 nitrogen and oxygen atoms in total. The fraction of sp³-hybridized carbons (Fsp3) is 0.143. The largest absolute Gasteiger partial charge is 0.272 e. The highest BCUT2D eigenvalue weighted by atomic mass is 32.2. The van der Waals surface area contributed by atoms with Gasteiger partial charge >= 0.3 is 0 Å². The second-order valence-corrected chi connectivity index (χ2v) is 4.14. The Balaban J connectivity index is 2.82. The number of nitrogens with zero attached hydrogens (tertiary/aromatic N) is 1. The van der Waals surface area contributed by atoms with Gasteiger partial charge in [-0.3, -0.25) is 0 Å². The van der Waals surface area contributed by atoms with E-state index in [9.17, 15) is 17.4 Å². The molecule has 0 aliphatic heterocycles. The van der Waals surface area contributed by atoms with Crippen molar-refractivity contribution in [2.75, 3.05) is 0 Å². The van der Waals surface area contributed by atoms with Gasteiger partial charge in [0.05, 0.1) is 5.75 Å². The maximum Gasteiger partial charge on any atom is 0.272 e. The van der Waals surface area contributed by atoms with Crippen molar-refractivity contribution >= 4 is 10.0 Å². The van der Waals surface area contributed by atoms with E-state index in [0.717, 1.165) is 0 Å². The molecule has 0 aliphatic carbocycles.